The third-order valence-electron chi connectivity index (χ3n) is 10.9. The molecular weight excluding hydrogens is 370 g/mol. The van der Waals surface area contributed by atoms with Gasteiger partial charge in [-0.05, 0) is 99.5 Å². The van der Waals surface area contributed by atoms with Crippen LogP contribution in [0.2, 0.25) is 0 Å². The van der Waals surface area contributed by atoms with Crippen LogP contribution < -0.4 is 5.32 Å². The van der Waals surface area contributed by atoms with Crippen molar-refractivity contribution in [2.24, 2.45) is 35.0 Å². The predicted octanol–water partition coefficient (Wildman–Crippen LogP) is 5.00. The zero-order valence-corrected chi connectivity index (χ0v) is 19.4. The summed E-state index contributed by atoms with van der Waals surface area (Å²) in [6, 6.07) is 0.530. The molecule has 2 aliphatic heterocycles. The summed E-state index contributed by atoms with van der Waals surface area (Å²) in [4.78, 5) is 0. The Morgan fingerprint density at radius 2 is 2.00 bits per heavy atom. The van der Waals surface area contributed by atoms with Gasteiger partial charge in [0.15, 0.2) is 0 Å². The number of ether oxygens (including phenoxy) is 1. The van der Waals surface area contributed by atoms with E-state index in [9.17, 15) is 5.11 Å². The molecule has 0 aromatic carbocycles. The lowest BCUT2D eigenvalue weighted by molar-refractivity contribution is -0.0549. The fraction of sp³-hybridized carbons (Fsp3) is 0.852. The molecule has 4 aliphatic carbocycles. The number of aliphatic hydroxyl groups is 1. The third kappa shape index (κ3) is 2.55. The van der Waals surface area contributed by atoms with Gasteiger partial charge in [-0.15, -0.1) is 0 Å². The lowest BCUT2D eigenvalue weighted by Crippen LogP contribution is -2.49. The van der Waals surface area contributed by atoms with Gasteiger partial charge in [0.1, 0.15) is 0 Å². The first kappa shape index (κ1) is 20.0. The van der Waals surface area contributed by atoms with E-state index in [4.69, 9.17) is 4.74 Å². The summed E-state index contributed by atoms with van der Waals surface area (Å²) in [5, 5.41) is 14.1. The number of rotatable bonds is 0. The van der Waals surface area contributed by atoms with Crippen LogP contribution in [-0.2, 0) is 4.74 Å². The van der Waals surface area contributed by atoms with Gasteiger partial charge in [-0.1, -0.05) is 38.0 Å². The maximum Gasteiger partial charge on any atom is 0.0937 e. The topological polar surface area (TPSA) is 41.5 Å². The van der Waals surface area contributed by atoms with Crippen molar-refractivity contribution in [2.75, 3.05) is 6.54 Å². The fourth-order valence-electron chi connectivity index (χ4n) is 9.09. The second-order valence-electron chi connectivity index (χ2n) is 12.2. The number of hydrogen-bond donors (Lipinski definition) is 2. The Morgan fingerprint density at radius 1 is 1.17 bits per heavy atom. The normalized spacial score (nSPS) is 55.0. The van der Waals surface area contributed by atoms with Crippen LogP contribution in [0.4, 0.5) is 0 Å². The minimum atomic E-state index is -0.111. The number of aliphatic hydroxyl groups excluding tert-OH is 1. The average Bonchev–Trinajstić information content (AvgIpc) is 3.23. The number of allylic oxidation sites excluding steroid dienone is 2. The first-order chi connectivity index (χ1) is 14.3. The predicted molar refractivity (Wildman–Crippen MR) is 120 cm³/mol. The largest absolute Gasteiger partial charge is 0.393 e. The van der Waals surface area contributed by atoms with Gasteiger partial charge in [-0.25, -0.2) is 0 Å². The molecule has 10 atom stereocenters. The highest BCUT2D eigenvalue weighted by atomic mass is 16.5. The minimum absolute atomic E-state index is 0.0222. The number of piperidine rings is 1. The Balaban J connectivity index is 1.34. The molecule has 1 spiro atoms. The van der Waals surface area contributed by atoms with Crippen molar-refractivity contribution in [1.82, 2.24) is 5.32 Å². The maximum atomic E-state index is 10.3. The van der Waals surface area contributed by atoms with Crippen molar-refractivity contribution in [3.8, 4) is 0 Å². The van der Waals surface area contributed by atoms with Gasteiger partial charge in [0.05, 0.1) is 17.8 Å². The summed E-state index contributed by atoms with van der Waals surface area (Å²) in [6.45, 7) is 10.9. The van der Waals surface area contributed by atoms with Crippen LogP contribution in [0.3, 0.4) is 0 Å². The van der Waals surface area contributed by atoms with E-state index in [0.29, 0.717) is 23.5 Å². The van der Waals surface area contributed by atoms with Gasteiger partial charge in [0.25, 0.3) is 0 Å². The van der Waals surface area contributed by atoms with Crippen LogP contribution in [0.15, 0.2) is 22.8 Å². The molecule has 1 unspecified atom stereocenters. The zero-order valence-electron chi connectivity index (χ0n) is 19.4. The van der Waals surface area contributed by atoms with E-state index in [-0.39, 0.29) is 11.7 Å². The van der Waals surface area contributed by atoms with Gasteiger partial charge >= 0.3 is 0 Å². The molecule has 0 bridgehead atoms. The molecule has 6 aliphatic rings. The first-order valence-corrected chi connectivity index (χ1v) is 12.8. The Bertz CT molecular complexity index is 801. The summed E-state index contributed by atoms with van der Waals surface area (Å²) >= 11 is 0. The smallest absolute Gasteiger partial charge is 0.0937 e. The van der Waals surface area contributed by atoms with Crippen LogP contribution in [0.25, 0.3) is 0 Å². The van der Waals surface area contributed by atoms with Crippen molar-refractivity contribution in [2.45, 2.75) is 103 Å². The van der Waals surface area contributed by atoms with Gasteiger partial charge in [-0.3, -0.25) is 0 Å². The SMILES string of the molecule is CC1=C2C[C@H]3[C@H](CC=C4C[C@@H](O)CC[C@@]43C)[C@@H]2CC[C@]12O[C@@H]1C[C@H](C)CN[C@H]1C2C. The Hall–Kier alpha value is -0.640. The van der Waals surface area contributed by atoms with Crippen molar-refractivity contribution in [3.63, 3.8) is 0 Å². The highest BCUT2D eigenvalue weighted by molar-refractivity contribution is 5.38. The van der Waals surface area contributed by atoms with E-state index < -0.39 is 0 Å². The quantitative estimate of drug-likeness (QED) is 0.551. The fourth-order valence-corrected chi connectivity index (χ4v) is 9.09. The van der Waals surface area contributed by atoms with E-state index >= 15 is 0 Å². The van der Waals surface area contributed by atoms with E-state index in [0.717, 1.165) is 43.1 Å². The summed E-state index contributed by atoms with van der Waals surface area (Å²) < 4.78 is 7.03. The molecule has 6 rings (SSSR count). The second kappa shape index (κ2) is 6.68. The van der Waals surface area contributed by atoms with Gasteiger partial charge < -0.3 is 15.2 Å². The third-order valence-corrected chi connectivity index (χ3v) is 10.9. The Morgan fingerprint density at radius 3 is 2.83 bits per heavy atom. The Labute approximate surface area is 182 Å². The number of fused-ring (bicyclic) bond motifs is 6. The molecular formula is C27H41NO2. The lowest BCUT2D eigenvalue weighted by atomic mass is 9.56. The molecule has 0 aromatic rings. The molecule has 4 fully saturated rings. The van der Waals surface area contributed by atoms with Gasteiger partial charge in [-0.2, -0.15) is 0 Å². The van der Waals surface area contributed by atoms with Crippen LogP contribution in [0.5, 0.6) is 0 Å². The molecule has 2 N–H and O–H groups in total. The minimum Gasteiger partial charge on any atom is -0.393 e. The molecule has 0 aromatic heterocycles. The monoisotopic (exact) mass is 411 g/mol. The molecule has 3 heteroatoms. The molecule has 30 heavy (non-hydrogen) atoms. The van der Waals surface area contributed by atoms with E-state index in [1.165, 1.54) is 38.5 Å². The summed E-state index contributed by atoms with van der Waals surface area (Å²) in [7, 11) is 0. The summed E-state index contributed by atoms with van der Waals surface area (Å²) in [5.41, 5.74) is 5.25. The number of hydrogen-bond acceptors (Lipinski definition) is 3. The highest BCUT2D eigenvalue weighted by Crippen LogP contribution is 2.65. The molecule has 0 radical (unpaired) electrons. The molecule has 2 saturated heterocycles. The van der Waals surface area contributed by atoms with Gasteiger partial charge in [0, 0.05) is 12.0 Å². The van der Waals surface area contributed by atoms with E-state index in [1.54, 1.807) is 16.7 Å². The first-order valence-electron chi connectivity index (χ1n) is 12.8. The molecule has 166 valence electrons. The standard InChI is InChI=1S/C27H41NO2/c1-15-11-24-25(28-14-15)17(3)27(30-24)10-8-20-21-6-5-18-12-19(29)7-9-26(18,4)23(21)13-22(20)16(27)2/h5,15,17,19-21,23-25,28-29H,6-14H2,1-4H3/t15-,17?,19-,20-,21+,23-,24+,25-,26-,27-/m0/s1. The van der Waals surface area contributed by atoms with Crippen LogP contribution in [0.1, 0.15) is 79.1 Å². The molecule has 2 heterocycles. The van der Waals surface area contributed by atoms with E-state index in [1.807, 2.05) is 0 Å². The zero-order chi connectivity index (χ0) is 20.8. The van der Waals surface area contributed by atoms with Crippen molar-refractivity contribution >= 4 is 0 Å². The summed E-state index contributed by atoms with van der Waals surface area (Å²) in [6.07, 6.45) is 12.2. The highest BCUT2D eigenvalue weighted by Gasteiger charge is 2.60. The van der Waals surface area contributed by atoms with Crippen LogP contribution in [0, 0.1) is 35.0 Å². The summed E-state index contributed by atoms with van der Waals surface area (Å²) in [5.74, 6) is 3.64. The van der Waals surface area contributed by atoms with Crippen molar-refractivity contribution in [3.05, 3.63) is 22.8 Å². The van der Waals surface area contributed by atoms with Crippen LogP contribution >= 0.6 is 0 Å². The van der Waals surface area contributed by atoms with Gasteiger partial charge in [0.2, 0.25) is 0 Å². The van der Waals surface area contributed by atoms with Crippen molar-refractivity contribution in [1.29, 1.82) is 0 Å². The average molecular weight is 412 g/mol. The van der Waals surface area contributed by atoms with Crippen molar-refractivity contribution < 1.29 is 9.84 Å². The molecule has 0 amide bonds. The van der Waals surface area contributed by atoms with Crippen LogP contribution in [-0.4, -0.2) is 35.5 Å². The molecule has 2 saturated carbocycles. The Kier molecular flexibility index (Phi) is 4.46. The van der Waals surface area contributed by atoms with E-state index in [2.05, 4.69) is 39.1 Å². The second-order valence-corrected chi connectivity index (χ2v) is 12.2. The number of nitrogens with one attached hydrogen (secondary N) is 1. The molecule has 3 nitrogen and oxygen atoms in total. The maximum absolute atomic E-state index is 10.3. The lowest BCUT2D eigenvalue weighted by Gasteiger charge is -2.49.